The van der Waals surface area contributed by atoms with Gasteiger partial charge in [0.2, 0.25) is 5.91 Å². The molecule has 5 nitrogen and oxygen atoms in total. The second-order valence-electron chi connectivity index (χ2n) is 9.01. The first-order valence-corrected chi connectivity index (χ1v) is 9.11. The van der Waals surface area contributed by atoms with E-state index in [4.69, 9.17) is 4.74 Å². The van der Waals surface area contributed by atoms with Gasteiger partial charge in [-0.15, -0.1) is 0 Å². The van der Waals surface area contributed by atoms with E-state index in [1.165, 1.54) is 0 Å². The summed E-state index contributed by atoms with van der Waals surface area (Å²) in [6.07, 6.45) is 9.85. The lowest BCUT2D eigenvalue weighted by atomic mass is 9.88. The highest BCUT2D eigenvalue weighted by Crippen LogP contribution is 2.35. The van der Waals surface area contributed by atoms with Crippen molar-refractivity contribution < 1.29 is 14.3 Å². The Kier molecular flexibility index (Phi) is 5.47. The highest BCUT2D eigenvalue weighted by atomic mass is 16.6. The maximum absolute atomic E-state index is 13.1. The van der Waals surface area contributed by atoms with Gasteiger partial charge in [-0.3, -0.25) is 9.69 Å². The van der Waals surface area contributed by atoms with Crippen LogP contribution in [0.2, 0.25) is 0 Å². The van der Waals surface area contributed by atoms with Crippen LogP contribution in [-0.2, 0) is 14.3 Å². The molecule has 1 amide bonds. The maximum atomic E-state index is 13.1. The summed E-state index contributed by atoms with van der Waals surface area (Å²) in [5.41, 5.74) is -1.77. The predicted octanol–water partition coefficient (Wildman–Crippen LogP) is 2.96. The number of nitrogens with zero attached hydrogens (tertiary/aromatic N) is 1. The first-order valence-electron chi connectivity index (χ1n) is 9.11. The first-order chi connectivity index (χ1) is 11.4. The van der Waals surface area contributed by atoms with Gasteiger partial charge in [-0.25, -0.2) is 4.79 Å². The molecular formula is C20H32N2O3. The Balaban J connectivity index is 2.31. The van der Waals surface area contributed by atoms with Gasteiger partial charge in [0.1, 0.15) is 11.1 Å². The Hall–Kier alpha value is -1.62. The first kappa shape index (κ1) is 19.7. The van der Waals surface area contributed by atoms with E-state index >= 15 is 0 Å². The van der Waals surface area contributed by atoms with Gasteiger partial charge in [-0.1, -0.05) is 24.3 Å². The summed E-state index contributed by atoms with van der Waals surface area (Å²) < 4.78 is 5.72. The molecule has 1 fully saturated rings. The van der Waals surface area contributed by atoms with Gasteiger partial charge in [0.25, 0.3) is 0 Å². The van der Waals surface area contributed by atoms with Gasteiger partial charge in [0.15, 0.2) is 0 Å². The fraction of sp³-hybridized carbons (Fsp3) is 0.700. The number of nitrogens with one attached hydrogen (secondary N) is 1. The average Bonchev–Trinajstić information content (AvgIpc) is 2.94. The van der Waals surface area contributed by atoms with Gasteiger partial charge in [-0.2, -0.15) is 0 Å². The lowest BCUT2D eigenvalue weighted by Crippen LogP contribution is -2.61. The summed E-state index contributed by atoms with van der Waals surface area (Å²) in [6, 6.07) is -0.317. The second kappa shape index (κ2) is 6.94. The number of allylic oxidation sites excluding steroid dienone is 2. The molecule has 25 heavy (non-hydrogen) atoms. The van der Waals surface area contributed by atoms with E-state index < -0.39 is 11.1 Å². The molecular weight excluding hydrogens is 316 g/mol. The van der Waals surface area contributed by atoms with Crippen molar-refractivity contribution in [1.29, 1.82) is 0 Å². The average molecular weight is 348 g/mol. The lowest BCUT2D eigenvalue weighted by Gasteiger charge is -2.42. The Morgan fingerprint density at radius 1 is 1.16 bits per heavy atom. The number of carbonyl (C=O) groups excluding carboxylic acids is 2. The van der Waals surface area contributed by atoms with Crippen molar-refractivity contribution in [3.05, 3.63) is 24.3 Å². The van der Waals surface area contributed by atoms with Gasteiger partial charge < -0.3 is 10.1 Å². The van der Waals surface area contributed by atoms with E-state index in [9.17, 15) is 9.59 Å². The minimum atomic E-state index is -0.904. The number of ether oxygens (including phenoxy) is 1. The van der Waals surface area contributed by atoms with Crippen LogP contribution in [0.3, 0.4) is 0 Å². The molecule has 1 aliphatic carbocycles. The smallest absolute Gasteiger partial charge is 0.331 e. The standard InChI is InChI=1S/C20H32N2O3/c1-18(2,3)21-16(23)15-11-10-14-22(15)20(12-8-7-9-13-20)17(24)25-19(4,5)6/h7-9,12,15H,10-11,13-14H2,1-6H3,(H,21,23)/t15-,20?/m0/s1. The van der Waals surface area contributed by atoms with Crippen molar-refractivity contribution in [3.63, 3.8) is 0 Å². The van der Waals surface area contributed by atoms with Crippen LogP contribution in [0, 0.1) is 0 Å². The normalized spacial score (nSPS) is 27.4. The molecule has 1 aliphatic heterocycles. The Morgan fingerprint density at radius 2 is 1.84 bits per heavy atom. The van der Waals surface area contributed by atoms with Crippen molar-refractivity contribution in [2.24, 2.45) is 0 Å². The van der Waals surface area contributed by atoms with E-state index in [0.29, 0.717) is 13.0 Å². The molecule has 1 unspecified atom stereocenters. The molecule has 0 spiro atoms. The number of amides is 1. The van der Waals surface area contributed by atoms with Crippen LogP contribution in [0.25, 0.3) is 0 Å². The quantitative estimate of drug-likeness (QED) is 0.797. The molecule has 1 saturated heterocycles. The second-order valence-corrected chi connectivity index (χ2v) is 9.01. The van der Waals surface area contributed by atoms with Gasteiger partial charge in [0, 0.05) is 12.1 Å². The van der Waals surface area contributed by atoms with Crippen molar-refractivity contribution in [1.82, 2.24) is 10.2 Å². The fourth-order valence-corrected chi connectivity index (χ4v) is 3.43. The molecule has 0 radical (unpaired) electrons. The van der Waals surface area contributed by atoms with Crippen LogP contribution in [0.5, 0.6) is 0 Å². The molecule has 5 heteroatoms. The zero-order valence-corrected chi connectivity index (χ0v) is 16.4. The minimum absolute atomic E-state index is 0.0177. The van der Waals surface area contributed by atoms with Crippen LogP contribution in [0.15, 0.2) is 24.3 Å². The van der Waals surface area contributed by atoms with Crippen LogP contribution in [0.1, 0.15) is 60.8 Å². The summed E-state index contributed by atoms with van der Waals surface area (Å²) in [6.45, 7) is 12.2. The molecule has 0 saturated carbocycles. The van der Waals surface area contributed by atoms with Crippen molar-refractivity contribution in [2.75, 3.05) is 6.54 Å². The molecule has 2 aliphatic rings. The van der Waals surface area contributed by atoms with Gasteiger partial charge >= 0.3 is 5.97 Å². The SMILES string of the molecule is CC(C)(C)NC(=O)[C@@H]1CCCN1C1(C(=O)OC(C)(C)C)C=CC=CC1. The highest BCUT2D eigenvalue weighted by Gasteiger charge is 2.50. The topological polar surface area (TPSA) is 58.6 Å². The number of hydrogen-bond donors (Lipinski definition) is 1. The molecule has 1 N–H and O–H groups in total. The summed E-state index contributed by atoms with van der Waals surface area (Å²) in [4.78, 5) is 27.9. The third kappa shape index (κ3) is 4.72. The van der Waals surface area contributed by atoms with Crippen molar-refractivity contribution in [2.45, 2.75) is 83.5 Å². The van der Waals surface area contributed by atoms with E-state index in [-0.39, 0.29) is 23.5 Å². The lowest BCUT2D eigenvalue weighted by molar-refractivity contribution is -0.167. The van der Waals surface area contributed by atoms with Gasteiger partial charge in [-0.05, 0) is 60.8 Å². The number of hydrogen-bond acceptors (Lipinski definition) is 4. The number of esters is 1. The Labute approximate surface area is 151 Å². The Bertz CT molecular complexity index is 581. The van der Waals surface area contributed by atoms with E-state index in [1.807, 2.05) is 70.7 Å². The molecule has 140 valence electrons. The van der Waals surface area contributed by atoms with Crippen molar-refractivity contribution >= 4 is 11.9 Å². The molecule has 0 aromatic heterocycles. The summed E-state index contributed by atoms with van der Waals surface area (Å²) >= 11 is 0. The van der Waals surface area contributed by atoms with Crippen LogP contribution < -0.4 is 5.32 Å². The molecule has 0 bridgehead atoms. The third-order valence-corrected chi connectivity index (χ3v) is 4.37. The third-order valence-electron chi connectivity index (χ3n) is 4.37. The Morgan fingerprint density at radius 3 is 2.36 bits per heavy atom. The van der Waals surface area contributed by atoms with E-state index in [2.05, 4.69) is 5.32 Å². The van der Waals surface area contributed by atoms with Crippen LogP contribution in [-0.4, -0.2) is 46.0 Å². The summed E-state index contributed by atoms with van der Waals surface area (Å²) in [7, 11) is 0. The maximum Gasteiger partial charge on any atom is 0.331 e. The summed E-state index contributed by atoms with van der Waals surface area (Å²) in [5.74, 6) is -0.299. The monoisotopic (exact) mass is 348 g/mol. The van der Waals surface area contributed by atoms with Crippen molar-refractivity contribution in [3.8, 4) is 0 Å². The molecule has 0 aromatic carbocycles. The predicted molar refractivity (Wildman–Crippen MR) is 99.1 cm³/mol. The number of carbonyl (C=O) groups is 2. The largest absolute Gasteiger partial charge is 0.458 e. The summed E-state index contributed by atoms with van der Waals surface area (Å²) in [5, 5.41) is 3.06. The van der Waals surface area contributed by atoms with Crippen LogP contribution >= 0.6 is 0 Å². The molecule has 0 aromatic rings. The van der Waals surface area contributed by atoms with Crippen LogP contribution in [0.4, 0.5) is 0 Å². The van der Waals surface area contributed by atoms with Gasteiger partial charge in [0.05, 0.1) is 6.04 Å². The fourth-order valence-electron chi connectivity index (χ4n) is 3.43. The highest BCUT2D eigenvalue weighted by molar-refractivity contribution is 5.88. The molecule has 1 heterocycles. The zero-order chi connectivity index (χ0) is 18.9. The van der Waals surface area contributed by atoms with E-state index in [1.54, 1.807) is 0 Å². The number of likely N-dealkylation sites (tertiary alicyclic amines) is 1. The molecule has 2 rings (SSSR count). The molecule has 2 atom stereocenters. The van der Waals surface area contributed by atoms with E-state index in [0.717, 1.165) is 12.8 Å². The number of rotatable bonds is 3. The minimum Gasteiger partial charge on any atom is -0.458 e. The zero-order valence-electron chi connectivity index (χ0n) is 16.4.